The Morgan fingerprint density at radius 3 is 2.06 bits per heavy atom. The number of likely N-dealkylation sites (N-methyl/N-ethyl adjacent to an activating group) is 1. The van der Waals surface area contributed by atoms with Gasteiger partial charge in [-0.05, 0) is 54.4 Å². The first-order chi connectivity index (χ1) is 15.9. The average Bonchev–Trinajstić information content (AvgIpc) is 3.06. The molecule has 0 aliphatic carbocycles. The van der Waals surface area contributed by atoms with Crippen LogP contribution in [0.3, 0.4) is 0 Å². The van der Waals surface area contributed by atoms with Gasteiger partial charge >= 0.3 is 5.91 Å². The summed E-state index contributed by atoms with van der Waals surface area (Å²) in [6.45, 7) is 11.9. The predicted octanol–water partition coefficient (Wildman–Crippen LogP) is 3.71. The second kappa shape index (κ2) is 9.67. The summed E-state index contributed by atoms with van der Waals surface area (Å²) < 4.78 is 5.68. The topological polar surface area (TPSA) is 73.3 Å². The van der Waals surface area contributed by atoms with E-state index < -0.39 is 17.6 Å². The van der Waals surface area contributed by atoms with Crippen LogP contribution in [-0.4, -0.2) is 61.2 Å². The van der Waals surface area contributed by atoms with Crippen LogP contribution in [0.1, 0.15) is 26.3 Å². The minimum absolute atomic E-state index is 0.00942. The number of rotatable bonds is 7. The molecule has 2 aliphatic heterocycles. The van der Waals surface area contributed by atoms with Crippen molar-refractivity contribution in [2.75, 3.05) is 49.1 Å². The number of anilines is 2. The molecule has 2 aromatic rings. The van der Waals surface area contributed by atoms with E-state index in [1.165, 1.54) is 0 Å². The van der Waals surface area contributed by atoms with E-state index in [1.807, 2.05) is 12.1 Å². The van der Waals surface area contributed by atoms with Gasteiger partial charge in [0.1, 0.15) is 5.75 Å². The highest BCUT2D eigenvalue weighted by Crippen LogP contribution is 2.33. The van der Waals surface area contributed by atoms with E-state index in [9.17, 15) is 14.7 Å². The molecule has 0 unspecified atom stereocenters. The Labute approximate surface area is 194 Å². The zero-order chi connectivity index (χ0) is 23.5. The van der Waals surface area contributed by atoms with Gasteiger partial charge in [-0.25, -0.2) is 4.90 Å². The average molecular weight is 450 g/mol. The second-order valence-corrected chi connectivity index (χ2v) is 8.84. The lowest BCUT2D eigenvalue weighted by Gasteiger charge is -2.35. The number of piperazine rings is 1. The first-order valence-corrected chi connectivity index (χ1v) is 11.5. The van der Waals surface area contributed by atoms with E-state index >= 15 is 0 Å². The molecule has 0 radical (unpaired) electrons. The van der Waals surface area contributed by atoms with E-state index in [2.05, 4.69) is 30.6 Å². The molecule has 0 spiro atoms. The van der Waals surface area contributed by atoms with Gasteiger partial charge in [0.25, 0.3) is 5.91 Å². The van der Waals surface area contributed by atoms with E-state index in [0.717, 1.165) is 43.3 Å². The molecule has 2 heterocycles. The van der Waals surface area contributed by atoms with E-state index in [1.54, 1.807) is 36.4 Å². The molecule has 2 amide bonds. The van der Waals surface area contributed by atoms with Crippen molar-refractivity contribution in [1.29, 1.82) is 0 Å². The molecule has 1 N–H and O–H groups in total. The third-order valence-corrected chi connectivity index (χ3v) is 6.08. The number of aliphatic hydroxyl groups excluding tert-OH is 1. The lowest BCUT2D eigenvalue weighted by atomic mass is 10.1. The van der Waals surface area contributed by atoms with Gasteiger partial charge in [-0.1, -0.05) is 32.9 Å². The number of ether oxygens (including phenoxy) is 1. The number of hydrogen-bond acceptors (Lipinski definition) is 6. The summed E-state index contributed by atoms with van der Waals surface area (Å²) in [6, 6.07) is 14.2. The fraction of sp³-hybridized carbons (Fsp3) is 0.385. The first-order valence-electron chi connectivity index (χ1n) is 11.5. The Kier molecular flexibility index (Phi) is 6.70. The van der Waals surface area contributed by atoms with Gasteiger partial charge < -0.3 is 19.6 Å². The Bertz CT molecular complexity index is 1040. The number of benzene rings is 2. The zero-order valence-electron chi connectivity index (χ0n) is 19.5. The largest absolute Gasteiger partial charge is 0.502 e. The van der Waals surface area contributed by atoms with Crippen LogP contribution in [-0.2, 0) is 9.59 Å². The number of aliphatic hydroxyl groups is 1. The predicted molar refractivity (Wildman–Crippen MR) is 130 cm³/mol. The van der Waals surface area contributed by atoms with Gasteiger partial charge in [0.2, 0.25) is 0 Å². The van der Waals surface area contributed by atoms with Crippen molar-refractivity contribution in [3.63, 3.8) is 0 Å². The Balaban J connectivity index is 1.48. The molecule has 2 aliphatic rings. The lowest BCUT2D eigenvalue weighted by Crippen LogP contribution is -2.46. The quantitative estimate of drug-likeness (QED) is 0.650. The fourth-order valence-corrected chi connectivity index (χ4v) is 4.13. The van der Waals surface area contributed by atoms with Gasteiger partial charge in [0, 0.05) is 31.9 Å². The minimum atomic E-state index is -0.709. The highest BCUT2D eigenvalue weighted by atomic mass is 16.5. The molecule has 0 bridgehead atoms. The van der Waals surface area contributed by atoms with Crippen molar-refractivity contribution in [2.45, 2.75) is 20.8 Å². The van der Waals surface area contributed by atoms with Crippen LogP contribution in [0, 0.1) is 5.92 Å². The molecule has 0 saturated carbocycles. The molecular weight excluding hydrogens is 418 g/mol. The summed E-state index contributed by atoms with van der Waals surface area (Å²) in [5.74, 6) is -0.699. The van der Waals surface area contributed by atoms with Crippen LogP contribution >= 0.6 is 0 Å². The summed E-state index contributed by atoms with van der Waals surface area (Å²) >= 11 is 0. The van der Waals surface area contributed by atoms with Crippen molar-refractivity contribution < 1.29 is 19.4 Å². The molecule has 7 heteroatoms. The van der Waals surface area contributed by atoms with Gasteiger partial charge in [-0.2, -0.15) is 0 Å². The molecule has 7 nitrogen and oxygen atoms in total. The summed E-state index contributed by atoms with van der Waals surface area (Å²) in [6.07, 6.45) is 0. The van der Waals surface area contributed by atoms with Crippen molar-refractivity contribution in [2.24, 2.45) is 5.92 Å². The molecule has 0 aromatic heterocycles. The zero-order valence-corrected chi connectivity index (χ0v) is 19.5. The molecule has 2 aromatic carbocycles. The Morgan fingerprint density at radius 1 is 0.879 bits per heavy atom. The highest BCUT2D eigenvalue weighted by Gasteiger charge is 2.40. The summed E-state index contributed by atoms with van der Waals surface area (Å²) in [7, 11) is 0. The van der Waals surface area contributed by atoms with Crippen LogP contribution < -0.4 is 14.5 Å². The van der Waals surface area contributed by atoms with E-state index in [4.69, 9.17) is 4.74 Å². The molecule has 4 rings (SSSR count). The first kappa shape index (κ1) is 22.9. The lowest BCUT2D eigenvalue weighted by molar-refractivity contribution is -0.121. The number of nitrogens with zero attached hydrogens (tertiary/aromatic N) is 3. The number of imide groups is 1. The Morgan fingerprint density at radius 2 is 1.48 bits per heavy atom. The third-order valence-electron chi connectivity index (χ3n) is 6.08. The minimum Gasteiger partial charge on any atom is -0.502 e. The molecule has 174 valence electrons. The van der Waals surface area contributed by atoms with Gasteiger partial charge in [-0.3, -0.25) is 9.59 Å². The highest BCUT2D eigenvalue weighted by molar-refractivity contribution is 6.44. The van der Waals surface area contributed by atoms with Crippen molar-refractivity contribution in [3.05, 3.63) is 59.9 Å². The van der Waals surface area contributed by atoms with Crippen LogP contribution in [0.5, 0.6) is 5.75 Å². The van der Waals surface area contributed by atoms with Gasteiger partial charge in [0.05, 0.1) is 17.9 Å². The maximum absolute atomic E-state index is 13.1. The van der Waals surface area contributed by atoms with Crippen molar-refractivity contribution in [1.82, 2.24) is 4.90 Å². The number of carbonyl (C=O) groups is 2. The van der Waals surface area contributed by atoms with Crippen LogP contribution in [0.25, 0.3) is 5.57 Å². The molecular formula is C26H31N3O4. The maximum atomic E-state index is 13.1. The Hall–Kier alpha value is -3.32. The number of hydrogen-bond donors (Lipinski definition) is 1. The maximum Gasteiger partial charge on any atom is 0.301 e. The van der Waals surface area contributed by atoms with Crippen LogP contribution in [0.15, 0.2) is 54.3 Å². The summed E-state index contributed by atoms with van der Waals surface area (Å²) in [5, 5.41) is 10.5. The van der Waals surface area contributed by atoms with Gasteiger partial charge in [0.15, 0.2) is 5.76 Å². The SMILES string of the molecule is CCN1CCN(c2ccc(N3C(=O)C(O)=C(c4ccc(OCC(C)C)cc4)C3=O)cc2)CC1. The molecule has 1 saturated heterocycles. The van der Waals surface area contributed by atoms with E-state index in [0.29, 0.717) is 29.5 Å². The molecule has 33 heavy (non-hydrogen) atoms. The number of amides is 2. The van der Waals surface area contributed by atoms with Crippen molar-refractivity contribution in [3.8, 4) is 5.75 Å². The summed E-state index contributed by atoms with van der Waals surface area (Å²) in [5.41, 5.74) is 1.99. The van der Waals surface area contributed by atoms with Crippen molar-refractivity contribution >= 4 is 28.8 Å². The van der Waals surface area contributed by atoms with Crippen LogP contribution in [0.2, 0.25) is 0 Å². The second-order valence-electron chi connectivity index (χ2n) is 8.84. The van der Waals surface area contributed by atoms with Gasteiger partial charge in [-0.15, -0.1) is 0 Å². The number of carbonyl (C=O) groups excluding carboxylic acids is 2. The normalized spacial score (nSPS) is 17.5. The smallest absolute Gasteiger partial charge is 0.301 e. The third kappa shape index (κ3) is 4.73. The monoisotopic (exact) mass is 449 g/mol. The van der Waals surface area contributed by atoms with E-state index in [-0.39, 0.29) is 5.57 Å². The standard InChI is InChI=1S/C26H31N3O4/c1-4-27-13-15-28(16-14-27)20-7-9-21(10-8-20)29-25(31)23(24(30)26(29)32)19-5-11-22(12-6-19)33-17-18(2)3/h5-12,18,30H,4,13-17H2,1-3H3. The summed E-state index contributed by atoms with van der Waals surface area (Å²) in [4.78, 5) is 31.6. The fourth-order valence-electron chi connectivity index (χ4n) is 4.13. The molecule has 1 fully saturated rings. The molecule has 0 atom stereocenters. The van der Waals surface area contributed by atoms with Crippen LogP contribution in [0.4, 0.5) is 11.4 Å².